The van der Waals surface area contributed by atoms with Crippen molar-refractivity contribution in [2.24, 2.45) is 5.41 Å². The molecule has 0 radical (unpaired) electrons. The summed E-state index contributed by atoms with van der Waals surface area (Å²) in [5, 5.41) is 0. The summed E-state index contributed by atoms with van der Waals surface area (Å²) in [7, 11) is 0. The van der Waals surface area contributed by atoms with Crippen molar-refractivity contribution in [1.82, 2.24) is 14.8 Å². The first kappa shape index (κ1) is 18.0. The molecule has 1 spiro atoms. The van der Waals surface area contributed by atoms with Crippen LogP contribution < -0.4 is 0 Å². The fraction of sp³-hybridized carbons (Fsp3) is 0.727. The minimum absolute atomic E-state index is 0.234. The number of carbonyl (C=O) groups is 1. The maximum atomic E-state index is 12.3. The number of aromatic nitrogens is 1. The van der Waals surface area contributed by atoms with Crippen LogP contribution in [0.15, 0.2) is 24.4 Å². The molecule has 1 aliphatic carbocycles. The first-order valence-corrected chi connectivity index (χ1v) is 10.6. The number of amides is 1. The van der Waals surface area contributed by atoms with Gasteiger partial charge in [-0.3, -0.25) is 9.78 Å². The number of hydrogen-bond acceptors (Lipinski definition) is 3. The van der Waals surface area contributed by atoms with Gasteiger partial charge in [-0.15, -0.1) is 0 Å². The molecular weight excluding hydrogens is 322 g/mol. The van der Waals surface area contributed by atoms with Crippen molar-refractivity contribution in [3.63, 3.8) is 0 Å². The highest BCUT2D eigenvalue weighted by Gasteiger charge is 2.46. The van der Waals surface area contributed by atoms with Gasteiger partial charge in [0, 0.05) is 43.9 Å². The summed E-state index contributed by atoms with van der Waals surface area (Å²) >= 11 is 0. The van der Waals surface area contributed by atoms with Crippen LogP contribution in [0.5, 0.6) is 0 Å². The Morgan fingerprint density at radius 2 is 1.96 bits per heavy atom. The first-order chi connectivity index (χ1) is 12.7. The lowest BCUT2D eigenvalue weighted by molar-refractivity contribution is -0.130. The van der Waals surface area contributed by atoms with Crippen molar-refractivity contribution >= 4 is 5.91 Å². The number of carbonyl (C=O) groups excluding carboxylic acids is 1. The van der Waals surface area contributed by atoms with Gasteiger partial charge in [0.05, 0.1) is 0 Å². The molecule has 1 amide bonds. The number of piperidine rings is 1. The summed E-state index contributed by atoms with van der Waals surface area (Å²) in [4.78, 5) is 21.7. The Balaban J connectivity index is 1.40. The molecule has 1 saturated carbocycles. The molecular formula is C22H33N3O. The van der Waals surface area contributed by atoms with E-state index in [1.165, 1.54) is 58.0 Å². The van der Waals surface area contributed by atoms with Crippen LogP contribution in [-0.2, 0) is 11.2 Å². The molecule has 26 heavy (non-hydrogen) atoms. The maximum absolute atomic E-state index is 12.3. The minimum atomic E-state index is 0.234. The van der Waals surface area contributed by atoms with Gasteiger partial charge >= 0.3 is 0 Å². The van der Waals surface area contributed by atoms with E-state index in [4.69, 9.17) is 0 Å². The Labute approximate surface area is 158 Å². The van der Waals surface area contributed by atoms with Crippen molar-refractivity contribution in [2.45, 2.75) is 76.8 Å². The van der Waals surface area contributed by atoms with Crippen LogP contribution in [0.25, 0.3) is 0 Å². The van der Waals surface area contributed by atoms with E-state index >= 15 is 0 Å². The van der Waals surface area contributed by atoms with Crippen molar-refractivity contribution in [3.8, 4) is 0 Å². The Morgan fingerprint density at radius 3 is 2.62 bits per heavy atom. The fourth-order valence-corrected chi connectivity index (χ4v) is 5.65. The molecule has 0 bridgehead atoms. The van der Waals surface area contributed by atoms with Crippen LogP contribution in [0, 0.1) is 5.41 Å². The highest BCUT2D eigenvalue weighted by atomic mass is 16.2. The van der Waals surface area contributed by atoms with E-state index in [0.717, 1.165) is 31.1 Å². The average Bonchev–Trinajstić information content (AvgIpc) is 3.02. The predicted octanol–water partition coefficient (Wildman–Crippen LogP) is 3.66. The van der Waals surface area contributed by atoms with E-state index in [0.29, 0.717) is 11.5 Å². The Kier molecular flexibility index (Phi) is 5.30. The predicted molar refractivity (Wildman–Crippen MR) is 104 cm³/mol. The van der Waals surface area contributed by atoms with Gasteiger partial charge < -0.3 is 9.80 Å². The zero-order chi connectivity index (χ0) is 18.0. The first-order valence-electron chi connectivity index (χ1n) is 10.6. The van der Waals surface area contributed by atoms with Gasteiger partial charge in [-0.05, 0) is 62.7 Å². The molecule has 3 fully saturated rings. The highest BCUT2D eigenvalue weighted by Crippen LogP contribution is 2.45. The topological polar surface area (TPSA) is 36.4 Å². The van der Waals surface area contributed by atoms with Gasteiger partial charge in [0.2, 0.25) is 5.91 Å². The molecule has 3 aliphatic rings. The van der Waals surface area contributed by atoms with Gasteiger partial charge in [0.1, 0.15) is 0 Å². The van der Waals surface area contributed by atoms with E-state index in [1.54, 1.807) is 6.92 Å². The number of hydrogen-bond donors (Lipinski definition) is 0. The van der Waals surface area contributed by atoms with Gasteiger partial charge in [-0.2, -0.15) is 0 Å². The van der Waals surface area contributed by atoms with E-state index in [-0.39, 0.29) is 5.91 Å². The molecule has 4 heteroatoms. The van der Waals surface area contributed by atoms with Crippen LogP contribution >= 0.6 is 0 Å². The smallest absolute Gasteiger partial charge is 0.219 e. The molecule has 0 aromatic carbocycles. The number of likely N-dealkylation sites (tertiary alicyclic amines) is 2. The third kappa shape index (κ3) is 3.80. The molecule has 1 aromatic rings. The van der Waals surface area contributed by atoms with Crippen LogP contribution in [0.1, 0.15) is 64.0 Å². The van der Waals surface area contributed by atoms with Crippen molar-refractivity contribution in [2.75, 3.05) is 19.6 Å². The molecule has 3 heterocycles. The van der Waals surface area contributed by atoms with Gasteiger partial charge in [-0.1, -0.05) is 25.3 Å². The summed E-state index contributed by atoms with van der Waals surface area (Å²) in [6, 6.07) is 7.26. The van der Waals surface area contributed by atoms with Gasteiger partial charge in [0.15, 0.2) is 0 Å². The summed E-state index contributed by atoms with van der Waals surface area (Å²) in [6.07, 6.45) is 13.5. The second kappa shape index (κ2) is 7.67. The molecule has 2 aliphatic heterocycles. The highest BCUT2D eigenvalue weighted by molar-refractivity contribution is 5.74. The minimum Gasteiger partial charge on any atom is -0.339 e. The van der Waals surface area contributed by atoms with Gasteiger partial charge in [-0.25, -0.2) is 0 Å². The van der Waals surface area contributed by atoms with Gasteiger partial charge in [0.25, 0.3) is 0 Å². The summed E-state index contributed by atoms with van der Waals surface area (Å²) in [6.45, 7) is 5.15. The quantitative estimate of drug-likeness (QED) is 0.830. The summed E-state index contributed by atoms with van der Waals surface area (Å²) in [5.41, 5.74) is 1.46. The van der Waals surface area contributed by atoms with Crippen LogP contribution in [0.4, 0.5) is 0 Å². The van der Waals surface area contributed by atoms with Crippen molar-refractivity contribution < 1.29 is 4.79 Å². The normalized spacial score (nSPS) is 27.1. The monoisotopic (exact) mass is 355 g/mol. The van der Waals surface area contributed by atoms with E-state index in [1.807, 2.05) is 18.3 Å². The lowest BCUT2D eigenvalue weighted by atomic mass is 9.75. The van der Waals surface area contributed by atoms with Crippen LogP contribution in [0.3, 0.4) is 0 Å². The van der Waals surface area contributed by atoms with Crippen molar-refractivity contribution in [1.29, 1.82) is 0 Å². The number of rotatable bonds is 3. The third-order valence-electron chi connectivity index (χ3n) is 7.14. The van der Waals surface area contributed by atoms with Crippen LogP contribution in [0.2, 0.25) is 0 Å². The lowest BCUT2D eigenvalue weighted by Crippen LogP contribution is -2.46. The molecule has 4 nitrogen and oxygen atoms in total. The average molecular weight is 356 g/mol. The zero-order valence-electron chi connectivity index (χ0n) is 16.2. The largest absolute Gasteiger partial charge is 0.339 e. The lowest BCUT2D eigenvalue weighted by Gasteiger charge is -2.43. The standard InChI is InChI=1S/C22H33N3O/c1-18(26)25-17-22(16-21(25)15-19-7-5-6-12-23-19)10-13-24(14-11-22)20-8-3-2-4-9-20/h5-7,12,20-21H,2-4,8-11,13-17H2,1H3. The molecule has 142 valence electrons. The Hall–Kier alpha value is -1.42. The molecule has 1 unspecified atom stereocenters. The fourth-order valence-electron chi connectivity index (χ4n) is 5.65. The number of nitrogens with zero attached hydrogens (tertiary/aromatic N) is 3. The van der Waals surface area contributed by atoms with Crippen LogP contribution in [-0.4, -0.2) is 52.4 Å². The Morgan fingerprint density at radius 1 is 1.19 bits per heavy atom. The molecule has 1 aromatic heterocycles. The van der Waals surface area contributed by atoms with E-state index < -0.39 is 0 Å². The van der Waals surface area contributed by atoms with Crippen molar-refractivity contribution in [3.05, 3.63) is 30.1 Å². The maximum Gasteiger partial charge on any atom is 0.219 e. The third-order valence-corrected chi connectivity index (χ3v) is 7.14. The SMILES string of the molecule is CC(=O)N1CC2(CCN(C3CCCCC3)CC2)CC1Cc1ccccn1. The summed E-state index contributed by atoms with van der Waals surface area (Å²) < 4.78 is 0. The second-order valence-electron chi connectivity index (χ2n) is 8.86. The second-order valence-corrected chi connectivity index (χ2v) is 8.86. The zero-order valence-corrected chi connectivity index (χ0v) is 16.2. The Bertz CT molecular complexity index is 603. The molecule has 2 saturated heterocycles. The number of pyridine rings is 1. The molecule has 4 rings (SSSR count). The van der Waals surface area contributed by atoms with E-state index in [9.17, 15) is 4.79 Å². The summed E-state index contributed by atoms with van der Waals surface area (Å²) in [5.74, 6) is 0.234. The molecule has 0 N–H and O–H groups in total. The molecule has 1 atom stereocenters. The van der Waals surface area contributed by atoms with E-state index in [2.05, 4.69) is 20.9 Å².